The summed E-state index contributed by atoms with van der Waals surface area (Å²) < 4.78 is 50.0. The third-order valence-corrected chi connectivity index (χ3v) is 7.64. The summed E-state index contributed by atoms with van der Waals surface area (Å²) >= 11 is 0. The van der Waals surface area contributed by atoms with E-state index in [2.05, 4.69) is 34.0 Å². The molecule has 1 aromatic carbocycles. The molecule has 2 saturated heterocycles. The predicted molar refractivity (Wildman–Crippen MR) is 128 cm³/mol. The Morgan fingerprint density at radius 2 is 1.94 bits per heavy atom. The number of sulfone groups is 1. The van der Waals surface area contributed by atoms with Gasteiger partial charge in [-0.3, -0.25) is 4.90 Å². The van der Waals surface area contributed by atoms with E-state index in [9.17, 15) is 12.8 Å². The van der Waals surface area contributed by atoms with E-state index in [1.54, 1.807) is 0 Å². The minimum Gasteiger partial charge on any atom is -0.474 e. The lowest BCUT2D eigenvalue weighted by molar-refractivity contribution is -0.101. The number of nitrogens with zero attached hydrogens (tertiary/aromatic N) is 3. The molecule has 8 nitrogen and oxygen atoms in total. The van der Waals surface area contributed by atoms with Crippen molar-refractivity contribution < 1.29 is 22.3 Å². The standard InChI is InChI=1S/C24H33FN4O4S/c1-15(2)7-8-29-17-9-19(10-18(29)13-32-12-17)33-24-16(3)23(26-14-27-24)28-22-6-5-20(11-21(22)25)34(4,30)31/h5-6,11,14-15,17-19H,7-10,12-13H2,1-4H3,(H,26,27,28)/t17-,18?,19?/m0/s1. The highest BCUT2D eigenvalue weighted by molar-refractivity contribution is 7.90. The van der Waals surface area contributed by atoms with Crippen LogP contribution in [0, 0.1) is 18.7 Å². The largest absolute Gasteiger partial charge is 0.474 e. The van der Waals surface area contributed by atoms with E-state index in [1.807, 2.05) is 6.92 Å². The van der Waals surface area contributed by atoms with Crippen molar-refractivity contribution in [3.63, 3.8) is 0 Å². The smallest absolute Gasteiger partial charge is 0.221 e. The van der Waals surface area contributed by atoms with Crippen LogP contribution in [0.5, 0.6) is 5.88 Å². The molecule has 2 aromatic rings. The zero-order valence-electron chi connectivity index (χ0n) is 20.1. The molecule has 1 N–H and O–H groups in total. The first-order chi connectivity index (χ1) is 16.1. The van der Waals surface area contributed by atoms with E-state index >= 15 is 0 Å². The van der Waals surface area contributed by atoms with Crippen molar-refractivity contribution in [3.05, 3.63) is 35.9 Å². The van der Waals surface area contributed by atoms with Crippen LogP contribution in [-0.4, -0.2) is 67.5 Å². The molecule has 2 unspecified atom stereocenters. The maximum absolute atomic E-state index is 14.5. The summed E-state index contributed by atoms with van der Waals surface area (Å²) in [5.74, 6) is 0.863. The van der Waals surface area contributed by atoms with Gasteiger partial charge in [-0.2, -0.15) is 0 Å². The number of hydrogen-bond acceptors (Lipinski definition) is 8. The molecule has 34 heavy (non-hydrogen) atoms. The molecule has 186 valence electrons. The van der Waals surface area contributed by atoms with Crippen LogP contribution in [-0.2, 0) is 14.6 Å². The minimum atomic E-state index is -3.49. The van der Waals surface area contributed by atoms with E-state index in [0.717, 1.165) is 31.7 Å². The van der Waals surface area contributed by atoms with Gasteiger partial charge in [0.25, 0.3) is 0 Å². The van der Waals surface area contributed by atoms with Crippen LogP contribution < -0.4 is 10.1 Å². The lowest BCUT2D eigenvalue weighted by atomic mass is 9.91. The molecule has 0 aliphatic carbocycles. The van der Waals surface area contributed by atoms with E-state index in [1.165, 1.54) is 24.9 Å². The Morgan fingerprint density at radius 3 is 2.56 bits per heavy atom. The molecule has 0 radical (unpaired) electrons. The summed E-state index contributed by atoms with van der Waals surface area (Å²) in [7, 11) is -3.49. The Labute approximate surface area is 200 Å². The molecule has 3 heterocycles. The summed E-state index contributed by atoms with van der Waals surface area (Å²) in [5.41, 5.74) is 0.794. The molecule has 0 amide bonds. The summed E-state index contributed by atoms with van der Waals surface area (Å²) in [5, 5.41) is 2.94. The Morgan fingerprint density at radius 1 is 1.24 bits per heavy atom. The zero-order chi connectivity index (χ0) is 24.5. The van der Waals surface area contributed by atoms with Gasteiger partial charge in [-0.15, -0.1) is 0 Å². The van der Waals surface area contributed by atoms with E-state index < -0.39 is 15.7 Å². The Balaban J connectivity index is 1.46. The molecular formula is C24H33FN4O4S. The normalized spacial score (nSPS) is 23.2. The number of fused-ring (bicyclic) bond motifs is 2. The molecular weight excluding hydrogens is 459 g/mol. The van der Waals surface area contributed by atoms with Crippen LogP contribution in [0.4, 0.5) is 15.9 Å². The molecule has 0 spiro atoms. The number of nitrogens with one attached hydrogen (secondary N) is 1. The minimum absolute atomic E-state index is 0.0152. The zero-order valence-corrected chi connectivity index (χ0v) is 20.9. The second kappa shape index (κ2) is 10.1. The second-order valence-electron chi connectivity index (χ2n) is 9.67. The summed E-state index contributed by atoms with van der Waals surface area (Å²) in [6, 6.07) is 4.42. The lowest BCUT2D eigenvalue weighted by Gasteiger charge is -2.48. The number of halogens is 1. The van der Waals surface area contributed by atoms with Crippen molar-refractivity contribution in [1.82, 2.24) is 14.9 Å². The third-order valence-electron chi connectivity index (χ3n) is 6.53. The van der Waals surface area contributed by atoms with E-state index in [-0.39, 0.29) is 16.7 Å². The molecule has 2 fully saturated rings. The fraction of sp³-hybridized carbons (Fsp3) is 0.583. The van der Waals surface area contributed by atoms with Gasteiger partial charge in [0.2, 0.25) is 5.88 Å². The summed E-state index contributed by atoms with van der Waals surface area (Å²) in [6.07, 6.45) is 5.34. The number of benzene rings is 1. The lowest BCUT2D eigenvalue weighted by Crippen LogP contribution is -2.59. The first-order valence-corrected chi connectivity index (χ1v) is 13.6. The van der Waals surface area contributed by atoms with Gasteiger partial charge < -0.3 is 14.8 Å². The van der Waals surface area contributed by atoms with Crippen LogP contribution in [0.25, 0.3) is 0 Å². The van der Waals surface area contributed by atoms with Crippen LogP contribution >= 0.6 is 0 Å². The van der Waals surface area contributed by atoms with Crippen molar-refractivity contribution >= 4 is 21.3 Å². The molecule has 10 heteroatoms. The van der Waals surface area contributed by atoms with Gasteiger partial charge in [-0.05, 0) is 44.0 Å². The van der Waals surface area contributed by atoms with Crippen LogP contribution in [0.3, 0.4) is 0 Å². The quantitative estimate of drug-likeness (QED) is 0.596. The maximum atomic E-state index is 14.5. The highest BCUT2D eigenvalue weighted by Gasteiger charge is 2.40. The molecule has 0 saturated carbocycles. The van der Waals surface area contributed by atoms with Crippen molar-refractivity contribution in [3.8, 4) is 5.88 Å². The predicted octanol–water partition coefficient (Wildman–Crippen LogP) is 3.73. The number of anilines is 2. The van der Waals surface area contributed by atoms with Gasteiger partial charge in [0, 0.05) is 31.2 Å². The fourth-order valence-electron chi connectivity index (χ4n) is 4.60. The third kappa shape index (κ3) is 5.67. The average Bonchev–Trinajstić information content (AvgIpc) is 2.75. The Hall–Kier alpha value is -2.30. The number of rotatable bonds is 8. The van der Waals surface area contributed by atoms with E-state index in [0.29, 0.717) is 48.5 Å². The van der Waals surface area contributed by atoms with Crippen molar-refractivity contribution in [2.45, 2.75) is 63.1 Å². The topological polar surface area (TPSA) is 93.7 Å². The first-order valence-electron chi connectivity index (χ1n) is 11.7. The van der Waals surface area contributed by atoms with Crippen molar-refractivity contribution in [2.24, 2.45) is 5.92 Å². The number of morpholine rings is 1. The van der Waals surface area contributed by atoms with Gasteiger partial charge in [0.1, 0.15) is 24.1 Å². The van der Waals surface area contributed by atoms with Crippen molar-refractivity contribution in [1.29, 1.82) is 0 Å². The van der Waals surface area contributed by atoms with Gasteiger partial charge in [-0.25, -0.2) is 22.8 Å². The SMILES string of the molecule is Cc1c(Nc2ccc(S(C)(=O)=O)cc2F)ncnc1OC1CC2COC[C@H](C1)N2CCC(C)C. The summed E-state index contributed by atoms with van der Waals surface area (Å²) in [6.45, 7) is 8.82. The van der Waals surface area contributed by atoms with Gasteiger partial charge in [0.05, 0.1) is 29.4 Å². The average molecular weight is 493 g/mol. The number of ether oxygens (including phenoxy) is 2. The summed E-state index contributed by atoms with van der Waals surface area (Å²) in [4.78, 5) is 11.1. The molecule has 2 bridgehead atoms. The molecule has 2 aliphatic heterocycles. The molecule has 3 atom stereocenters. The Bertz CT molecular complexity index is 1110. The fourth-order valence-corrected chi connectivity index (χ4v) is 5.23. The highest BCUT2D eigenvalue weighted by atomic mass is 32.2. The van der Waals surface area contributed by atoms with E-state index in [4.69, 9.17) is 9.47 Å². The van der Waals surface area contributed by atoms with Crippen LogP contribution in [0.1, 0.15) is 38.7 Å². The number of aromatic nitrogens is 2. The highest BCUT2D eigenvalue weighted by Crippen LogP contribution is 2.33. The second-order valence-corrected chi connectivity index (χ2v) is 11.7. The van der Waals surface area contributed by atoms with Crippen LogP contribution in [0.2, 0.25) is 0 Å². The first kappa shape index (κ1) is 24.8. The van der Waals surface area contributed by atoms with Gasteiger partial charge in [-0.1, -0.05) is 13.8 Å². The number of piperidine rings is 1. The number of hydrogen-bond donors (Lipinski definition) is 1. The van der Waals surface area contributed by atoms with Crippen LogP contribution in [0.15, 0.2) is 29.4 Å². The monoisotopic (exact) mass is 492 g/mol. The molecule has 2 aliphatic rings. The Kier molecular flexibility index (Phi) is 7.39. The molecule has 4 rings (SSSR count). The van der Waals surface area contributed by atoms with Gasteiger partial charge in [0.15, 0.2) is 9.84 Å². The van der Waals surface area contributed by atoms with Gasteiger partial charge >= 0.3 is 0 Å². The molecule has 1 aromatic heterocycles. The van der Waals surface area contributed by atoms with Crippen molar-refractivity contribution in [2.75, 3.05) is 31.3 Å². The maximum Gasteiger partial charge on any atom is 0.221 e.